The van der Waals surface area contributed by atoms with Crippen LogP contribution in [0, 0.1) is 0 Å². The number of hydrogen-bond donors (Lipinski definition) is 4. The maximum absolute atomic E-state index is 11.5. The van der Waals surface area contributed by atoms with Crippen LogP contribution in [-0.2, 0) is 19.6 Å². The van der Waals surface area contributed by atoms with Crippen molar-refractivity contribution in [1.82, 2.24) is 10.3 Å². The number of aliphatic hydroxyl groups excluding tert-OH is 1. The first-order valence-electron chi connectivity index (χ1n) is 12.1. The molecule has 4 rings (SSSR count). The average Bonchev–Trinajstić information content (AvgIpc) is 3.23. The van der Waals surface area contributed by atoms with Crippen molar-refractivity contribution in [2.75, 3.05) is 43.9 Å². The van der Waals surface area contributed by atoms with E-state index in [0.717, 1.165) is 28.1 Å². The van der Waals surface area contributed by atoms with Gasteiger partial charge in [-0.2, -0.15) is 0 Å². The van der Waals surface area contributed by atoms with Crippen LogP contribution in [0.3, 0.4) is 0 Å². The van der Waals surface area contributed by atoms with E-state index >= 15 is 0 Å². The number of carbonyl (C=O) groups is 1. The number of aromatic amines is 1. The molecule has 4 aromatic rings. The molecule has 0 aliphatic carbocycles. The smallest absolute Gasteiger partial charge is 0.344 e. The van der Waals surface area contributed by atoms with Crippen molar-refractivity contribution in [1.29, 1.82) is 0 Å². The van der Waals surface area contributed by atoms with Gasteiger partial charge in [0, 0.05) is 41.7 Å². The molecule has 210 valence electrons. The largest absolute Gasteiger partial charge is 0.492 e. The van der Waals surface area contributed by atoms with Crippen LogP contribution >= 0.6 is 12.4 Å². The predicted molar refractivity (Wildman–Crippen MR) is 153 cm³/mol. The van der Waals surface area contributed by atoms with Crippen molar-refractivity contribution in [3.63, 3.8) is 0 Å². The van der Waals surface area contributed by atoms with Crippen LogP contribution in [0.4, 0.5) is 5.69 Å². The third-order valence-electron chi connectivity index (χ3n) is 5.66. The monoisotopic (exact) mass is 577 g/mol. The Morgan fingerprint density at radius 2 is 1.67 bits per heavy atom. The summed E-state index contributed by atoms with van der Waals surface area (Å²) in [5, 5.41) is 15.7. The standard InChI is InChI=1S/C27H31N3O7S.ClH/c1-3-35-27(32)17-37-21-8-10-23-22-9-7-20(14-24(22)29-25(23)15-21)36-12-11-28-16-26(31)18-5-4-6-19(13-18)30-38(2,33)34;/h4-10,13-15,26,28-31H,3,11-12,16-17H2,1-2H3;1H/t26-;/m0./s1. The summed E-state index contributed by atoms with van der Waals surface area (Å²) < 4.78 is 41.5. The van der Waals surface area contributed by atoms with Gasteiger partial charge < -0.3 is 29.6 Å². The van der Waals surface area contributed by atoms with Crippen molar-refractivity contribution in [2.45, 2.75) is 13.0 Å². The van der Waals surface area contributed by atoms with E-state index in [1.165, 1.54) is 0 Å². The molecule has 0 saturated heterocycles. The van der Waals surface area contributed by atoms with Crippen LogP contribution < -0.4 is 19.5 Å². The second kappa shape index (κ2) is 13.5. The lowest BCUT2D eigenvalue weighted by atomic mass is 10.1. The molecule has 10 nitrogen and oxygen atoms in total. The zero-order valence-electron chi connectivity index (χ0n) is 21.6. The highest BCUT2D eigenvalue weighted by molar-refractivity contribution is 7.92. The van der Waals surface area contributed by atoms with Crippen molar-refractivity contribution in [2.24, 2.45) is 0 Å². The molecule has 1 atom stereocenters. The van der Waals surface area contributed by atoms with E-state index in [2.05, 4.69) is 15.0 Å². The zero-order valence-corrected chi connectivity index (χ0v) is 23.2. The Hall–Kier alpha value is -3.51. The SMILES string of the molecule is CCOC(=O)COc1ccc2c(c1)[nH]c1cc(OCCNC[C@H](O)c3cccc(NS(C)(=O)=O)c3)ccc12.Cl. The molecule has 0 saturated carbocycles. The fraction of sp³-hybridized carbons (Fsp3) is 0.296. The van der Waals surface area contributed by atoms with Gasteiger partial charge in [0.15, 0.2) is 6.61 Å². The van der Waals surface area contributed by atoms with Crippen molar-refractivity contribution in [3.05, 3.63) is 66.2 Å². The van der Waals surface area contributed by atoms with Crippen molar-refractivity contribution < 1.29 is 32.5 Å². The number of sulfonamides is 1. The lowest BCUT2D eigenvalue weighted by molar-refractivity contribution is -0.145. The van der Waals surface area contributed by atoms with Gasteiger partial charge in [-0.3, -0.25) is 4.72 Å². The number of carbonyl (C=O) groups excluding carboxylic acids is 1. The zero-order chi connectivity index (χ0) is 27.1. The van der Waals surface area contributed by atoms with E-state index in [1.54, 1.807) is 31.2 Å². The summed E-state index contributed by atoms with van der Waals surface area (Å²) in [6.07, 6.45) is 0.278. The third kappa shape index (κ3) is 8.49. The maximum Gasteiger partial charge on any atom is 0.344 e. The summed E-state index contributed by atoms with van der Waals surface area (Å²) >= 11 is 0. The van der Waals surface area contributed by atoms with Crippen LogP contribution in [-0.4, -0.2) is 63.6 Å². The summed E-state index contributed by atoms with van der Waals surface area (Å²) in [7, 11) is -3.39. The molecule has 12 heteroatoms. The number of esters is 1. The van der Waals surface area contributed by atoms with Gasteiger partial charge in [0.1, 0.15) is 18.1 Å². The molecular formula is C27H32ClN3O7S. The highest BCUT2D eigenvalue weighted by Crippen LogP contribution is 2.30. The van der Waals surface area contributed by atoms with Gasteiger partial charge in [-0.05, 0) is 48.9 Å². The van der Waals surface area contributed by atoms with Crippen LogP contribution in [0.15, 0.2) is 60.7 Å². The number of anilines is 1. The van der Waals surface area contributed by atoms with E-state index in [9.17, 15) is 18.3 Å². The molecule has 0 amide bonds. The fourth-order valence-corrected chi connectivity index (χ4v) is 4.57. The van der Waals surface area contributed by atoms with Crippen molar-refractivity contribution >= 4 is 55.9 Å². The van der Waals surface area contributed by atoms with Gasteiger partial charge >= 0.3 is 5.97 Å². The van der Waals surface area contributed by atoms with E-state index in [4.69, 9.17) is 14.2 Å². The number of benzene rings is 3. The Morgan fingerprint density at radius 1 is 1.00 bits per heavy atom. The number of aromatic nitrogens is 1. The fourth-order valence-electron chi connectivity index (χ4n) is 4.01. The molecule has 0 unspecified atom stereocenters. The number of hydrogen-bond acceptors (Lipinski definition) is 8. The predicted octanol–water partition coefficient (Wildman–Crippen LogP) is 3.76. The van der Waals surface area contributed by atoms with Gasteiger partial charge in [0.05, 0.1) is 30.0 Å². The Morgan fingerprint density at radius 3 is 2.31 bits per heavy atom. The second-order valence-corrected chi connectivity index (χ2v) is 10.5. The summed E-state index contributed by atoms with van der Waals surface area (Å²) in [6, 6.07) is 18.1. The topological polar surface area (TPSA) is 139 Å². The molecule has 4 N–H and O–H groups in total. The maximum atomic E-state index is 11.5. The molecule has 39 heavy (non-hydrogen) atoms. The van der Waals surface area contributed by atoms with Gasteiger partial charge in [0.2, 0.25) is 10.0 Å². The minimum atomic E-state index is -3.39. The molecule has 0 bridgehead atoms. The highest BCUT2D eigenvalue weighted by atomic mass is 35.5. The van der Waals surface area contributed by atoms with E-state index in [1.807, 2.05) is 36.4 Å². The van der Waals surface area contributed by atoms with E-state index in [-0.39, 0.29) is 25.6 Å². The first kappa shape index (κ1) is 30.0. The minimum Gasteiger partial charge on any atom is -0.492 e. The molecule has 3 aromatic carbocycles. The van der Waals surface area contributed by atoms with E-state index < -0.39 is 22.1 Å². The normalized spacial score (nSPS) is 12.1. The number of fused-ring (bicyclic) bond motifs is 3. The van der Waals surface area contributed by atoms with Crippen LogP contribution in [0.2, 0.25) is 0 Å². The highest BCUT2D eigenvalue weighted by Gasteiger charge is 2.11. The Balaban J connectivity index is 0.00000420. The van der Waals surface area contributed by atoms with Crippen molar-refractivity contribution in [3.8, 4) is 11.5 Å². The third-order valence-corrected chi connectivity index (χ3v) is 6.27. The van der Waals surface area contributed by atoms with Crippen LogP contribution in [0.25, 0.3) is 21.8 Å². The first-order chi connectivity index (χ1) is 18.2. The molecule has 1 heterocycles. The lowest BCUT2D eigenvalue weighted by Crippen LogP contribution is -2.26. The molecular weight excluding hydrogens is 546 g/mol. The average molecular weight is 578 g/mol. The van der Waals surface area contributed by atoms with Gasteiger partial charge in [-0.1, -0.05) is 12.1 Å². The summed E-state index contributed by atoms with van der Waals surface area (Å²) in [5.41, 5.74) is 2.79. The Kier molecular flexibility index (Phi) is 10.4. The lowest BCUT2D eigenvalue weighted by Gasteiger charge is -2.14. The summed E-state index contributed by atoms with van der Waals surface area (Å²) in [6.45, 7) is 3.10. The quantitative estimate of drug-likeness (QED) is 0.139. The molecule has 0 aliphatic heterocycles. The summed E-state index contributed by atoms with van der Waals surface area (Å²) in [4.78, 5) is 14.9. The minimum absolute atomic E-state index is 0. The number of halogens is 1. The number of nitrogens with one attached hydrogen (secondary N) is 3. The van der Waals surface area contributed by atoms with E-state index in [0.29, 0.717) is 42.5 Å². The number of rotatable bonds is 13. The Bertz CT molecular complexity index is 1520. The van der Waals surface area contributed by atoms with Gasteiger partial charge in [-0.15, -0.1) is 12.4 Å². The number of ether oxygens (including phenoxy) is 3. The Labute approximate surface area is 233 Å². The first-order valence-corrected chi connectivity index (χ1v) is 14.0. The van der Waals surface area contributed by atoms with Crippen LogP contribution in [0.1, 0.15) is 18.6 Å². The van der Waals surface area contributed by atoms with Crippen LogP contribution in [0.5, 0.6) is 11.5 Å². The molecule has 0 spiro atoms. The molecule has 0 aliphatic rings. The molecule has 1 aromatic heterocycles. The summed E-state index contributed by atoms with van der Waals surface area (Å²) in [5.74, 6) is 0.858. The molecule has 0 fully saturated rings. The number of aliphatic hydroxyl groups is 1. The number of H-pyrrole nitrogens is 1. The van der Waals surface area contributed by atoms with Gasteiger partial charge in [-0.25, -0.2) is 13.2 Å². The molecule has 0 radical (unpaired) electrons. The second-order valence-electron chi connectivity index (χ2n) is 8.70. The van der Waals surface area contributed by atoms with Gasteiger partial charge in [0.25, 0.3) is 0 Å².